The second kappa shape index (κ2) is 7.70. The van der Waals surface area contributed by atoms with E-state index in [-0.39, 0.29) is 12.1 Å². The summed E-state index contributed by atoms with van der Waals surface area (Å²) in [5.41, 5.74) is 1.04. The van der Waals surface area contributed by atoms with Gasteiger partial charge in [-0.2, -0.15) is 0 Å². The summed E-state index contributed by atoms with van der Waals surface area (Å²) in [4.78, 5) is 16.3. The van der Waals surface area contributed by atoms with Crippen molar-refractivity contribution in [2.45, 2.75) is 44.6 Å². The molecule has 1 aliphatic heterocycles. The van der Waals surface area contributed by atoms with Crippen LogP contribution in [0, 0.1) is 0 Å². The molecule has 1 aromatic heterocycles. The van der Waals surface area contributed by atoms with Crippen molar-refractivity contribution in [1.82, 2.24) is 4.98 Å². The highest BCUT2D eigenvalue weighted by atomic mass is 32.1. The van der Waals surface area contributed by atoms with Gasteiger partial charge in [-0.25, -0.2) is 4.98 Å². The van der Waals surface area contributed by atoms with Crippen molar-refractivity contribution < 1.29 is 14.3 Å². The number of fused-ring (bicyclic) bond motifs is 1. The van der Waals surface area contributed by atoms with Gasteiger partial charge in [0.05, 0.1) is 21.3 Å². The van der Waals surface area contributed by atoms with Gasteiger partial charge in [0, 0.05) is 13.0 Å². The number of hydrogen-bond donors (Lipinski definition) is 0. The molecule has 0 saturated carbocycles. The fourth-order valence-corrected chi connectivity index (χ4v) is 3.62. The first-order valence-electron chi connectivity index (χ1n) is 7.93. The predicted molar refractivity (Wildman–Crippen MR) is 87.1 cm³/mol. The normalized spacial score (nSPS) is 18.5. The molecule has 1 unspecified atom stereocenters. The molecule has 0 spiro atoms. The number of para-hydroxylation sites is 1. The van der Waals surface area contributed by atoms with E-state index in [0.29, 0.717) is 13.0 Å². The number of nitrogens with zero attached hydrogens (tertiary/aromatic N) is 1. The SMILES string of the molecule is O=C(CCCc1nc2ccccc2s1)OCC1CCCCO1. The summed E-state index contributed by atoms with van der Waals surface area (Å²) in [6.45, 7) is 1.19. The Morgan fingerprint density at radius 1 is 1.36 bits per heavy atom. The Morgan fingerprint density at radius 2 is 2.27 bits per heavy atom. The van der Waals surface area contributed by atoms with Crippen molar-refractivity contribution in [3.63, 3.8) is 0 Å². The second-order valence-corrected chi connectivity index (χ2v) is 6.72. The van der Waals surface area contributed by atoms with Crippen LogP contribution in [0.15, 0.2) is 24.3 Å². The Bertz CT molecular complexity index is 586. The number of carbonyl (C=O) groups is 1. The third kappa shape index (κ3) is 4.27. The minimum absolute atomic E-state index is 0.0990. The van der Waals surface area contributed by atoms with Crippen LogP contribution < -0.4 is 0 Å². The zero-order valence-electron chi connectivity index (χ0n) is 12.6. The van der Waals surface area contributed by atoms with Crippen molar-refractivity contribution in [2.24, 2.45) is 0 Å². The zero-order valence-corrected chi connectivity index (χ0v) is 13.4. The Morgan fingerprint density at radius 3 is 3.09 bits per heavy atom. The molecule has 0 N–H and O–H groups in total. The molecule has 3 rings (SSSR count). The van der Waals surface area contributed by atoms with Crippen LogP contribution in [-0.2, 0) is 20.7 Å². The molecule has 0 radical (unpaired) electrons. The lowest BCUT2D eigenvalue weighted by atomic mass is 10.1. The van der Waals surface area contributed by atoms with Gasteiger partial charge in [0.2, 0.25) is 0 Å². The van der Waals surface area contributed by atoms with E-state index >= 15 is 0 Å². The van der Waals surface area contributed by atoms with Crippen LogP contribution in [0.3, 0.4) is 0 Å². The van der Waals surface area contributed by atoms with Crippen molar-refractivity contribution in [2.75, 3.05) is 13.2 Å². The molecule has 0 aliphatic carbocycles. The molecular weight excluding hydrogens is 298 g/mol. The van der Waals surface area contributed by atoms with Crippen LogP contribution in [0.1, 0.15) is 37.1 Å². The summed E-state index contributed by atoms with van der Waals surface area (Å²) in [6, 6.07) is 8.12. The molecule has 0 bridgehead atoms. The molecule has 2 heterocycles. The summed E-state index contributed by atoms with van der Waals surface area (Å²) >= 11 is 1.70. The van der Waals surface area contributed by atoms with Gasteiger partial charge in [0.15, 0.2) is 0 Å². The number of benzene rings is 1. The quantitative estimate of drug-likeness (QED) is 0.761. The van der Waals surface area contributed by atoms with E-state index in [4.69, 9.17) is 9.47 Å². The van der Waals surface area contributed by atoms with Crippen LogP contribution in [-0.4, -0.2) is 30.3 Å². The summed E-state index contributed by atoms with van der Waals surface area (Å²) in [6.07, 6.45) is 5.44. The molecule has 2 aromatic rings. The summed E-state index contributed by atoms with van der Waals surface area (Å²) < 4.78 is 12.1. The molecule has 1 aliphatic rings. The van der Waals surface area contributed by atoms with Crippen molar-refractivity contribution in [1.29, 1.82) is 0 Å². The summed E-state index contributed by atoms with van der Waals surface area (Å²) in [5, 5.41) is 1.09. The average Bonchev–Trinajstić information content (AvgIpc) is 2.96. The molecule has 5 heteroatoms. The average molecular weight is 319 g/mol. The number of esters is 1. The van der Waals surface area contributed by atoms with Gasteiger partial charge in [-0.15, -0.1) is 11.3 Å². The number of hydrogen-bond acceptors (Lipinski definition) is 5. The maximum absolute atomic E-state index is 11.8. The first kappa shape index (κ1) is 15.4. The lowest BCUT2D eigenvalue weighted by molar-refractivity contribution is -0.149. The van der Waals surface area contributed by atoms with E-state index < -0.39 is 0 Å². The molecule has 1 saturated heterocycles. The number of thiazole rings is 1. The highest BCUT2D eigenvalue weighted by Gasteiger charge is 2.16. The maximum Gasteiger partial charge on any atom is 0.305 e. The van der Waals surface area contributed by atoms with E-state index in [1.807, 2.05) is 18.2 Å². The Hall–Kier alpha value is -1.46. The second-order valence-electron chi connectivity index (χ2n) is 5.60. The number of ether oxygens (including phenoxy) is 2. The summed E-state index contributed by atoms with van der Waals surface area (Å²) in [5.74, 6) is -0.129. The maximum atomic E-state index is 11.8. The van der Waals surface area contributed by atoms with Crippen molar-refractivity contribution >= 4 is 27.5 Å². The Kier molecular flexibility index (Phi) is 5.40. The van der Waals surface area contributed by atoms with Gasteiger partial charge in [0.25, 0.3) is 0 Å². The van der Waals surface area contributed by atoms with Crippen LogP contribution in [0.2, 0.25) is 0 Å². The van der Waals surface area contributed by atoms with E-state index in [1.54, 1.807) is 11.3 Å². The van der Waals surface area contributed by atoms with Gasteiger partial charge < -0.3 is 9.47 Å². The van der Waals surface area contributed by atoms with E-state index in [9.17, 15) is 4.79 Å². The van der Waals surface area contributed by atoms with Gasteiger partial charge in [0.1, 0.15) is 6.61 Å². The van der Waals surface area contributed by atoms with Gasteiger partial charge in [-0.1, -0.05) is 12.1 Å². The largest absolute Gasteiger partial charge is 0.463 e. The van der Waals surface area contributed by atoms with Crippen LogP contribution in [0.4, 0.5) is 0 Å². The zero-order chi connectivity index (χ0) is 15.2. The summed E-state index contributed by atoms with van der Waals surface area (Å²) in [7, 11) is 0. The first-order chi connectivity index (χ1) is 10.8. The fourth-order valence-electron chi connectivity index (χ4n) is 2.61. The van der Waals surface area contributed by atoms with Crippen molar-refractivity contribution in [3.8, 4) is 0 Å². The monoisotopic (exact) mass is 319 g/mol. The molecule has 1 atom stereocenters. The third-order valence-corrected chi connectivity index (χ3v) is 4.91. The number of carbonyl (C=O) groups excluding carboxylic acids is 1. The minimum Gasteiger partial charge on any atom is -0.463 e. The van der Waals surface area contributed by atoms with Crippen molar-refractivity contribution in [3.05, 3.63) is 29.3 Å². The molecule has 22 heavy (non-hydrogen) atoms. The molecule has 4 nitrogen and oxygen atoms in total. The van der Waals surface area contributed by atoms with Crippen LogP contribution in [0.25, 0.3) is 10.2 Å². The lowest BCUT2D eigenvalue weighted by Crippen LogP contribution is -2.25. The van der Waals surface area contributed by atoms with E-state index in [1.165, 1.54) is 11.1 Å². The van der Waals surface area contributed by atoms with Gasteiger partial charge in [-0.3, -0.25) is 4.79 Å². The highest BCUT2D eigenvalue weighted by molar-refractivity contribution is 7.18. The molecule has 118 valence electrons. The molecular formula is C17H21NO3S. The Balaban J connectivity index is 1.37. The van der Waals surface area contributed by atoms with Gasteiger partial charge in [-0.05, 0) is 44.2 Å². The van der Waals surface area contributed by atoms with E-state index in [2.05, 4.69) is 11.1 Å². The van der Waals surface area contributed by atoms with E-state index in [0.717, 1.165) is 42.8 Å². The topological polar surface area (TPSA) is 48.4 Å². The predicted octanol–water partition coefficient (Wildman–Crippen LogP) is 3.73. The first-order valence-corrected chi connectivity index (χ1v) is 8.74. The third-order valence-electron chi connectivity index (χ3n) is 3.81. The molecule has 1 aromatic carbocycles. The Labute approximate surface area is 134 Å². The van der Waals surface area contributed by atoms with Crippen LogP contribution in [0.5, 0.6) is 0 Å². The minimum atomic E-state index is -0.129. The fraction of sp³-hybridized carbons (Fsp3) is 0.529. The standard InChI is InChI=1S/C17H21NO3S/c19-17(21-12-13-6-3-4-11-20-13)10-5-9-16-18-14-7-1-2-8-15(14)22-16/h1-2,7-8,13H,3-6,9-12H2. The smallest absolute Gasteiger partial charge is 0.305 e. The number of rotatable bonds is 6. The number of aryl methyl sites for hydroxylation is 1. The van der Waals surface area contributed by atoms with Crippen LogP contribution >= 0.6 is 11.3 Å². The number of aromatic nitrogens is 1. The highest BCUT2D eigenvalue weighted by Crippen LogP contribution is 2.22. The molecule has 1 fully saturated rings. The lowest BCUT2D eigenvalue weighted by Gasteiger charge is -2.22. The molecule has 0 amide bonds. The van der Waals surface area contributed by atoms with Gasteiger partial charge >= 0.3 is 5.97 Å².